The van der Waals surface area contributed by atoms with E-state index in [-0.39, 0.29) is 17.8 Å². The Labute approximate surface area is 180 Å². The molecule has 0 unspecified atom stereocenters. The Morgan fingerprint density at radius 1 is 1.07 bits per heavy atom. The largest absolute Gasteiger partial charge is 0.486 e. The van der Waals surface area contributed by atoms with Crippen molar-refractivity contribution in [2.75, 3.05) is 12.0 Å². The van der Waals surface area contributed by atoms with Crippen molar-refractivity contribution in [2.24, 2.45) is 26.2 Å². The topological polar surface area (TPSA) is 95.4 Å². The number of hydrazone groups is 1. The first-order valence-corrected chi connectivity index (χ1v) is 9.44. The molecule has 2 heterocycles. The Morgan fingerprint density at radius 2 is 1.72 bits per heavy atom. The van der Waals surface area contributed by atoms with Gasteiger partial charge >= 0.3 is 5.69 Å². The van der Waals surface area contributed by atoms with Crippen LogP contribution in [0.2, 0.25) is 15.1 Å². The van der Waals surface area contributed by atoms with Gasteiger partial charge in [0.2, 0.25) is 5.95 Å². The molecule has 29 heavy (non-hydrogen) atoms. The lowest BCUT2D eigenvalue weighted by Crippen LogP contribution is -2.37. The minimum atomic E-state index is -0.460. The molecular weight excluding hydrogens is 443 g/mol. The zero-order valence-electron chi connectivity index (χ0n) is 16.0. The molecule has 0 amide bonds. The van der Waals surface area contributed by atoms with Gasteiger partial charge in [-0.1, -0.05) is 34.8 Å². The minimum Gasteiger partial charge on any atom is -0.486 e. The first kappa shape index (κ1) is 21.2. The van der Waals surface area contributed by atoms with Crippen LogP contribution in [-0.4, -0.2) is 31.0 Å². The fourth-order valence-corrected chi connectivity index (χ4v) is 3.18. The van der Waals surface area contributed by atoms with E-state index in [2.05, 4.69) is 15.5 Å². The highest BCUT2D eigenvalue weighted by Gasteiger charge is 2.16. The van der Waals surface area contributed by atoms with Gasteiger partial charge < -0.3 is 9.30 Å². The van der Waals surface area contributed by atoms with E-state index in [1.807, 2.05) is 0 Å². The molecular formula is C17H17Cl3N6O3. The molecule has 0 aliphatic rings. The maximum absolute atomic E-state index is 12.4. The third-order valence-electron chi connectivity index (χ3n) is 4.23. The summed E-state index contributed by atoms with van der Waals surface area (Å²) in [5, 5.41) is 5.18. The van der Waals surface area contributed by atoms with Gasteiger partial charge in [-0.3, -0.25) is 13.9 Å². The van der Waals surface area contributed by atoms with Crippen molar-refractivity contribution in [1.29, 1.82) is 0 Å². The highest BCUT2D eigenvalue weighted by Crippen LogP contribution is 2.33. The number of hydrogen-bond acceptors (Lipinski definition) is 6. The smallest absolute Gasteiger partial charge is 0.332 e. The molecule has 3 rings (SSSR count). The second kappa shape index (κ2) is 8.10. The molecule has 3 aromatic rings. The molecule has 1 N–H and O–H groups in total. The third-order valence-corrected chi connectivity index (χ3v) is 5.25. The van der Waals surface area contributed by atoms with Crippen LogP contribution in [0.4, 0.5) is 5.95 Å². The number of fused-ring (bicyclic) bond motifs is 1. The maximum atomic E-state index is 12.4. The zero-order chi connectivity index (χ0) is 21.5. The molecule has 2 aromatic heterocycles. The first-order chi connectivity index (χ1) is 13.6. The molecule has 0 aliphatic carbocycles. The van der Waals surface area contributed by atoms with Gasteiger partial charge in [-0.05, 0) is 13.0 Å². The third kappa shape index (κ3) is 3.98. The molecule has 0 fully saturated rings. The van der Waals surface area contributed by atoms with Crippen molar-refractivity contribution in [3.63, 3.8) is 0 Å². The van der Waals surface area contributed by atoms with Crippen LogP contribution in [-0.2, 0) is 21.1 Å². The molecule has 0 radical (unpaired) electrons. The van der Waals surface area contributed by atoms with E-state index in [9.17, 15) is 9.59 Å². The molecule has 12 heteroatoms. The standard InChI is InChI=1S/C17H17Cl3N6O3/c1-8(7-29-12-6-10(19)9(18)5-11(12)20)22-23-16-21-14-13(24(16)2)15(27)26(4)17(28)25(14)3/h5-6H,7H2,1-4H3,(H,21,23)/b22-8-. The number of nitrogens with one attached hydrogen (secondary N) is 1. The number of rotatable bonds is 5. The fraction of sp³-hybridized carbons (Fsp3) is 0.294. The van der Waals surface area contributed by atoms with Gasteiger partial charge in [0.1, 0.15) is 12.4 Å². The van der Waals surface area contributed by atoms with Crippen molar-refractivity contribution in [3.05, 3.63) is 48.0 Å². The van der Waals surface area contributed by atoms with Crippen LogP contribution < -0.4 is 21.4 Å². The van der Waals surface area contributed by atoms with Crippen LogP contribution in [0.1, 0.15) is 6.92 Å². The van der Waals surface area contributed by atoms with Crippen molar-refractivity contribution < 1.29 is 4.74 Å². The van der Waals surface area contributed by atoms with Crippen LogP contribution >= 0.6 is 34.8 Å². The predicted octanol–water partition coefficient (Wildman–Crippen LogP) is 2.80. The Morgan fingerprint density at radius 3 is 2.41 bits per heavy atom. The van der Waals surface area contributed by atoms with Crippen molar-refractivity contribution in [1.82, 2.24) is 18.7 Å². The van der Waals surface area contributed by atoms with Crippen LogP contribution in [0.15, 0.2) is 26.8 Å². The second-order valence-corrected chi connectivity index (χ2v) is 7.54. The van der Waals surface area contributed by atoms with Crippen molar-refractivity contribution in [3.8, 4) is 5.75 Å². The number of imidazole rings is 1. The normalized spacial score (nSPS) is 11.9. The Balaban J connectivity index is 1.82. The van der Waals surface area contributed by atoms with E-state index in [1.165, 1.54) is 28.3 Å². The number of ether oxygens (including phenoxy) is 1. The molecule has 0 aliphatic heterocycles. The monoisotopic (exact) mass is 458 g/mol. The predicted molar refractivity (Wildman–Crippen MR) is 115 cm³/mol. The van der Waals surface area contributed by atoms with Crippen LogP contribution in [0, 0.1) is 0 Å². The lowest BCUT2D eigenvalue weighted by Gasteiger charge is -2.09. The van der Waals surface area contributed by atoms with Crippen LogP contribution in [0.5, 0.6) is 5.75 Å². The van der Waals surface area contributed by atoms with Crippen LogP contribution in [0.3, 0.4) is 0 Å². The minimum absolute atomic E-state index is 0.120. The van der Waals surface area contributed by atoms with Gasteiger partial charge in [-0.15, -0.1) is 0 Å². The fourth-order valence-electron chi connectivity index (χ4n) is 2.59. The van der Waals surface area contributed by atoms with Gasteiger partial charge in [0.25, 0.3) is 5.56 Å². The van der Waals surface area contributed by atoms with Gasteiger partial charge in [0.15, 0.2) is 11.2 Å². The van der Waals surface area contributed by atoms with Gasteiger partial charge in [-0.25, -0.2) is 10.2 Å². The number of aryl methyl sites for hydroxylation is 2. The highest BCUT2D eigenvalue weighted by molar-refractivity contribution is 6.43. The van der Waals surface area contributed by atoms with Crippen molar-refractivity contribution in [2.45, 2.75) is 6.92 Å². The number of hydrogen-bond donors (Lipinski definition) is 1. The molecule has 0 bridgehead atoms. The summed E-state index contributed by atoms with van der Waals surface area (Å²) in [7, 11) is 4.61. The molecule has 0 saturated carbocycles. The summed E-state index contributed by atoms with van der Waals surface area (Å²) in [5.74, 6) is 0.669. The number of nitrogens with zero attached hydrogens (tertiary/aromatic N) is 5. The molecule has 0 spiro atoms. The average molecular weight is 460 g/mol. The summed E-state index contributed by atoms with van der Waals surface area (Å²) >= 11 is 17.9. The summed E-state index contributed by atoms with van der Waals surface area (Å²) in [6.07, 6.45) is 0. The summed E-state index contributed by atoms with van der Waals surface area (Å²) in [5.41, 5.74) is 2.99. The van der Waals surface area contributed by atoms with E-state index in [1.54, 1.807) is 21.0 Å². The number of halogens is 3. The van der Waals surface area contributed by atoms with E-state index in [0.717, 1.165) is 4.57 Å². The van der Waals surface area contributed by atoms with E-state index in [4.69, 9.17) is 39.5 Å². The van der Waals surface area contributed by atoms with E-state index < -0.39 is 11.2 Å². The lowest BCUT2D eigenvalue weighted by molar-refractivity contribution is 0.376. The Bertz CT molecular complexity index is 1260. The van der Waals surface area contributed by atoms with Gasteiger partial charge in [-0.2, -0.15) is 10.1 Å². The molecule has 9 nitrogen and oxygen atoms in total. The van der Waals surface area contributed by atoms with Gasteiger partial charge in [0.05, 0.1) is 20.8 Å². The van der Waals surface area contributed by atoms with Crippen molar-refractivity contribution >= 4 is 57.6 Å². The first-order valence-electron chi connectivity index (χ1n) is 8.30. The highest BCUT2D eigenvalue weighted by atomic mass is 35.5. The lowest BCUT2D eigenvalue weighted by atomic mass is 10.3. The van der Waals surface area contributed by atoms with E-state index >= 15 is 0 Å². The molecule has 0 saturated heterocycles. The summed E-state index contributed by atoms with van der Waals surface area (Å²) in [4.78, 5) is 28.8. The quantitative estimate of drug-likeness (QED) is 0.360. The second-order valence-electron chi connectivity index (χ2n) is 6.32. The van der Waals surface area contributed by atoms with Crippen LogP contribution in [0.25, 0.3) is 11.2 Å². The number of benzene rings is 1. The zero-order valence-corrected chi connectivity index (χ0v) is 18.2. The number of anilines is 1. The molecule has 154 valence electrons. The Hall–Kier alpha value is -2.49. The van der Waals surface area contributed by atoms with Gasteiger partial charge in [0, 0.05) is 27.2 Å². The maximum Gasteiger partial charge on any atom is 0.332 e. The Kier molecular flexibility index (Phi) is 5.92. The SMILES string of the molecule is C/C(COc1cc(Cl)c(Cl)cc1Cl)=N/Nc1nc2c(c(=O)n(C)c(=O)n2C)n1C. The molecule has 1 aromatic carbocycles. The molecule has 0 atom stereocenters. The summed E-state index contributed by atoms with van der Waals surface area (Å²) < 4.78 is 9.47. The van der Waals surface area contributed by atoms with E-state index in [0.29, 0.717) is 32.5 Å². The number of aromatic nitrogens is 4. The average Bonchev–Trinajstić information content (AvgIpc) is 3.01. The summed E-state index contributed by atoms with van der Waals surface area (Å²) in [6, 6.07) is 3.02. The summed E-state index contributed by atoms with van der Waals surface area (Å²) in [6.45, 7) is 1.85.